The number of nitrogens with one attached hydrogen (secondary N) is 2. The number of rotatable bonds is 6. The molecule has 5 nitrogen and oxygen atoms in total. The standard InChI is InChI=1S/C17H30N4OS/c1-5-14-6-7-15(23-14)12-19-16(18-4)20-13-17(2,3)21-8-10-22-11-9-21/h6-7H,5,8-13H2,1-4H3,(H2,18,19,20). The van der Waals surface area contributed by atoms with Gasteiger partial charge in [-0.05, 0) is 32.4 Å². The van der Waals surface area contributed by atoms with Gasteiger partial charge in [0.2, 0.25) is 0 Å². The molecule has 0 amide bonds. The van der Waals surface area contributed by atoms with E-state index in [0.717, 1.165) is 51.8 Å². The molecule has 0 atom stereocenters. The average Bonchev–Trinajstić information content (AvgIpc) is 3.04. The van der Waals surface area contributed by atoms with Gasteiger partial charge in [-0.2, -0.15) is 0 Å². The normalized spacial score (nSPS) is 17.3. The molecule has 0 aromatic carbocycles. The number of ether oxygens (including phenoxy) is 1. The summed E-state index contributed by atoms with van der Waals surface area (Å²) in [6.45, 7) is 12.1. The molecule has 6 heteroatoms. The van der Waals surface area contributed by atoms with Crippen LogP contribution < -0.4 is 10.6 Å². The van der Waals surface area contributed by atoms with Crippen LogP contribution in [0.5, 0.6) is 0 Å². The minimum atomic E-state index is 0.0830. The number of aliphatic imine (C=N–C) groups is 1. The zero-order valence-corrected chi connectivity index (χ0v) is 15.6. The summed E-state index contributed by atoms with van der Waals surface area (Å²) in [5, 5.41) is 6.86. The van der Waals surface area contributed by atoms with E-state index in [1.165, 1.54) is 9.75 Å². The highest BCUT2D eigenvalue weighted by Gasteiger charge is 2.28. The molecule has 1 saturated heterocycles. The molecule has 1 aromatic rings. The minimum Gasteiger partial charge on any atom is -0.379 e. The summed E-state index contributed by atoms with van der Waals surface area (Å²) in [4.78, 5) is 9.58. The first-order chi connectivity index (χ1) is 11.0. The largest absolute Gasteiger partial charge is 0.379 e. The van der Waals surface area contributed by atoms with E-state index < -0.39 is 0 Å². The number of thiophene rings is 1. The molecule has 0 aliphatic carbocycles. The Morgan fingerprint density at radius 2 is 1.96 bits per heavy atom. The van der Waals surface area contributed by atoms with E-state index in [4.69, 9.17) is 4.74 Å². The quantitative estimate of drug-likeness (QED) is 0.616. The summed E-state index contributed by atoms with van der Waals surface area (Å²) in [5.74, 6) is 0.859. The zero-order chi connectivity index (χ0) is 16.7. The summed E-state index contributed by atoms with van der Waals surface area (Å²) < 4.78 is 5.44. The van der Waals surface area contributed by atoms with Crippen molar-refractivity contribution in [3.05, 3.63) is 21.9 Å². The highest BCUT2D eigenvalue weighted by molar-refractivity contribution is 7.11. The molecule has 1 aliphatic heterocycles. The van der Waals surface area contributed by atoms with E-state index in [-0.39, 0.29) is 5.54 Å². The molecule has 0 saturated carbocycles. The molecule has 23 heavy (non-hydrogen) atoms. The van der Waals surface area contributed by atoms with Gasteiger partial charge in [-0.25, -0.2) is 0 Å². The van der Waals surface area contributed by atoms with Crippen LogP contribution in [0.3, 0.4) is 0 Å². The Bertz CT molecular complexity index is 506. The summed E-state index contributed by atoms with van der Waals surface area (Å²) >= 11 is 1.86. The number of hydrogen-bond donors (Lipinski definition) is 2. The van der Waals surface area contributed by atoms with Gasteiger partial charge in [0, 0.05) is 42.0 Å². The molecule has 1 aliphatic rings. The van der Waals surface area contributed by atoms with Crippen LogP contribution in [0.1, 0.15) is 30.5 Å². The maximum Gasteiger partial charge on any atom is 0.191 e. The van der Waals surface area contributed by atoms with Gasteiger partial charge in [0.05, 0.1) is 19.8 Å². The summed E-state index contributed by atoms with van der Waals surface area (Å²) in [6.07, 6.45) is 1.10. The minimum absolute atomic E-state index is 0.0830. The fourth-order valence-corrected chi connectivity index (χ4v) is 3.58. The SMILES string of the molecule is CCc1ccc(CNC(=NC)NCC(C)(C)N2CCOCC2)s1. The van der Waals surface area contributed by atoms with E-state index in [9.17, 15) is 0 Å². The predicted molar refractivity (Wildman–Crippen MR) is 98.4 cm³/mol. The molecule has 0 radical (unpaired) electrons. The van der Waals surface area contributed by atoms with Gasteiger partial charge in [-0.1, -0.05) is 6.92 Å². The van der Waals surface area contributed by atoms with Gasteiger partial charge >= 0.3 is 0 Å². The lowest BCUT2D eigenvalue weighted by Crippen LogP contribution is -2.56. The maximum atomic E-state index is 5.44. The second-order valence-corrected chi connectivity index (χ2v) is 7.67. The summed E-state index contributed by atoms with van der Waals surface area (Å²) in [7, 11) is 1.82. The van der Waals surface area contributed by atoms with Gasteiger partial charge in [0.15, 0.2) is 5.96 Å². The number of guanidine groups is 1. The first kappa shape index (κ1) is 18.2. The van der Waals surface area contributed by atoms with Gasteiger partial charge < -0.3 is 15.4 Å². The Morgan fingerprint density at radius 3 is 2.57 bits per heavy atom. The lowest BCUT2D eigenvalue weighted by Gasteiger charge is -2.41. The Kier molecular flexibility index (Phi) is 6.87. The molecule has 1 aromatic heterocycles. The lowest BCUT2D eigenvalue weighted by atomic mass is 10.0. The van der Waals surface area contributed by atoms with Crippen LogP contribution in [-0.2, 0) is 17.7 Å². The van der Waals surface area contributed by atoms with E-state index in [1.54, 1.807) is 0 Å². The summed E-state index contributed by atoms with van der Waals surface area (Å²) in [5.41, 5.74) is 0.0830. The van der Waals surface area contributed by atoms with E-state index in [2.05, 4.69) is 53.4 Å². The maximum absolute atomic E-state index is 5.44. The topological polar surface area (TPSA) is 48.9 Å². The third-order valence-corrected chi connectivity index (χ3v) is 5.50. The monoisotopic (exact) mass is 338 g/mol. The van der Waals surface area contributed by atoms with E-state index >= 15 is 0 Å². The third kappa shape index (κ3) is 5.48. The predicted octanol–water partition coefficient (Wildman–Crippen LogP) is 2.09. The molecule has 2 heterocycles. The van der Waals surface area contributed by atoms with E-state index in [0.29, 0.717) is 0 Å². The van der Waals surface area contributed by atoms with Crippen LogP contribution >= 0.6 is 11.3 Å². The molecular formula is C17H30N4OS. The van der Waals surface area contributed by atoms with Crippen molar-refractivity contribution in [2.75, 3.05) is 39.9 Å². The zero-order valence-electron chi connectivity index (χ0n) is 14.8. The average molecular weight is 339 g/mol. The molecule has 130 valence electrons. The Hall–Kier alpha value is -1.11. The fourth-order valence-electron chi connectivity index (χ4n) is 2.68. The molecule has 2 N–H and O–H groups in total. The number of morpholine rings is 1. The van der Waals surface area contributed by atoms with Crippen LogP contribution in [0.4, 0.5) is 0 Å². The van der Waals surface area contributed by atoms with Gasteiger partial charge in [0.25, 0.3) is 0 Å². The second-order valence-electron chi connectivity index (χ2n) is 6.41. The van der Waals surface area contributed by atoms with Gasteiger partial charge in [-0.3, -0.25) is 9.89 Å². The smallest absolute Gasteiger partial charge is 0.191 e. The van der Waals surface area contributed by atoms with Crippen LogP contribution in [0.15, 0.2) is 17.1 Å². The highest BCUT2D eigenvalue weighted by Crippen LogP contribution is 2.17. The van der Waals surface area contributed by atoms with Crippen molar-refractivity contribution in [1.82, 2.24) is 15.5 Å². The number of aryl methyl sites for hydroxylation is 1. The van der Waals surface area contributed by atoms with Crippen molar-refractivity contribution in [3.63, 3.8) is 0 Å². The van der Waals surface area contributed by atoms with Crippen molar-refractivity contribution in [2.45, 2.75) is 39.3 Å². The summed E-state index contributed by atoms with van der Waals surface area (Å²) in [6, 6.07) is 4.40. The molecular weight excluding hydrogens is 308 g/mol. The lowest BCUT2D eigenvalue weighted by molar-refractivity contribution is -0.00834. The highest BCUT2D eigenvalue weighted by atomic mass is 32.1. The van der Waals surface area contributed by atoms with Crippen molar-refractivity contribution in [2.24, 2.45) is 4.99 Å². The van der Waals surface area contributed by atoms with Crippen LogP contribution in [0, 0.1) is 0 Å². The van der Waals surface area contributed by atoms with Gasteiger partial charge in [0.1, 0.15) is 0 Å². The Balaban J connectivity index is 1.79. The molecule has 0 unspecified atom stereocenters. The van der Waals surface area contributed by atoms with Crippen molar-refractivity contribution >= 4 is 17.3 Å². The molecule has 0 bridgehead atoms. The fraction of sp³-hybridized carbons (Fsp3) is 0.706. The van der Waals surface area contributed by atoms with Crippen LogP contribution in [0.25, 0.3) is 0 Å². The van der Waals surface area contributed by atoms with Crippen molar-refractivity contribution in [3.8, 4) is 0 Å². The third-order valence-electron chi connectivity index (χ3n) is 4.28. The number of hydrogen-bond acceptors (Lipinski definition) is 4. The first-order valence-corrected chi connectivity index (χ1v) is 9.21. The second kappa shape index (κ2) is 8.66. The Morgan fingerprint density at radius 1 is 1.26 bits per heavy atom. The van der Waals surface area contributed by atoms with Crippen molar-refractivity contribution in [1.29, 1.82) is 0 Å². The van der Waals surface area contributed by atoms with Gasteiger partial charge in [-0.15, -0.1) is 11.3 Å². The molecule has 2 rings (SSSR count). The molecule has 1 fully saturated rings. The van der Waals surface area contributed by atoms with E-state index in [1.807, 2.05) is 18.4 Å². The Labute approximate surface area is 144 Å². The molecule has 0 spiro atoms. The van der Waals surface area contributed by atoms with Crippen molar-refractivity contribution < 1.29 is 4.74 Å². The van der Waals surface area contributed by atoms with Crippen LogP contribution in [-0.4, -0.2) is 56.3 Å². The van der Waals surface area contributed by atoms with Crippen LogP contribution in [0.2, 0.25) is 0 Å². The number of nitrogens with zero attached hydrogens (tertiary/aromatic N) is 2. The first-order valence-electron chi connectivity index (χ1n) is 8.40.